The molecule has 0 aliphatic rings. The number of primary amides is 1. The van der Waals surface area contributed by atoms with Crippen LogP contribution in [0.2, 0.25) is 0 Å². The summed E-state index contributed by atoms with van der Waals surface area (Å²) in [4.78, 5) is 24.7. The van der Waals surface area contributed by atoms with Gasteiger partial charge in [0.05, 0.1) is 13.2 Å². The van der Waals surface area contributed by atoms with Crippen molar-refractivity contribution in [1.82, 2.24) is 0 Å². The molecule has 0 fully saturated rings. The molecule has 0 saturated heterocycles. The van der Waals surface area contributed by atoms with Crippen molar-refractivity contribution in [2.75, 3.05) is 11.5 Å². The van der Waals surface area contributed by atoms with Crippen LogP contribution in [0.25, 0.3) is 0 Å². The molecule has 2 N–H and O–H groups in total. The van der Waals surface area contributed by atoms with Crippen molar-refractivity contribution in [1.29, 1.82) is 0 Å². The lowest BCUT2D eigenvalue weighted by Gasteiger charge is -2.23. The molecule has 0 aliphatic heterocycles. The second-order valence-electron chi connectivity index (χ2n) is 4.65. The average molecular weight is 314 g/mol. The molecule has 6 heteroatoms. The first-order valence-electron chi connectivity index (χ1n) is 7.16. The highest BCUT2D eigenvalue weighted by molar-refractivity contribution is 5.87. The molecular weight excluding hydrogens is 296 g/mol. The van der Waals surface area contributed by atoms with Gasteiger partial charge in [0.2, 0.25) is 0 Å². The van der Waals surface area contributed by atoms with Crippen molar-refractivity contribution in [2.45, 2.75) is 13.5 Å². The maximum absolute atomic E-state index is 12.3. The number of benzene rings is 2. The Kier molecular flexibility index (Phi) is 5.57. The van der Waals surface area contributed by atoms with Crippen molar-refractivity contribution in [3.05, 3.63) is 60.2 Å². The third-order valence-electron chi connectivity index (χ3n) is 3.07. The number of rotatable bonds is 5. The minimum absolute atomic E-state index is 0.187. The maximum atomic E-state index is 12.3. The van der Waals surface area contributed by atoms with Crippen LogP contribution in [-0.2, 0) is 11.3 Å². The van der Waals surface area contributed by atoms with Gasteiger partial charge in [-0.25, -0.2) is 9.59 Å². The zero-order chi connectivity index (χ0) is 16.7. The summed E-state index contributed by atoms with van der Waals surface area (Å²) >= 11 is 0. The second kappa shape index (κ2) is 7.84. The Morgan fingerprint density at radius 1 is 1.04 bits per heavy atom. The van der Waals surface area contributed by atoms with E-state index in [-0.39, 0.29) is 13.2 Å². The van der Waals surface area contributed by atoms with Gasteiger partial charge in [0, 0.05) is 11.3 Å². The molecule has 0 spiro atoms. The van der Waals surface area contributed by atoms with E-state index in [1.807, 2.05) is 18.2 Å². The van der Waals surface area contributed by atoms with Gasteiger partial charge in [-0.2, -0.15) is 0 Å². The number of carbonyl (C=O) groups excluding carboxylic acids is 2. The molecule has 0 aromatic heterocycles. The molecule has 2 rings (SSSR count). The van der Waals surface area contributed by atoms with Crippen LogP contribution < -0.4 is 15.4 Å². The van der Waals surface area contributed by atoms with Crippen LogP contribution in [0.3, 0.4) is 0 Å². The Labute approximate surface area is 134 Å². The lowest BCUT2D eigenvalue weighted by molar-refractivity contribution is 0.159. The second-order valence-corrected chi connectivity index (χ2v) is 4.65. The van der Waals surface area contributed by atoms with Gasteiger partial charge in [-0.05, 0) is 25.1 Å². The molecule has 6 nitrogen and oxygen atoms in total. The number of hydrogen-bond acceptors (Lipinski definition) is 4. The van der Waals surface area contributed by atoms with Crippen molar-refractivity contribution in [3.8, 4) is 5.75 Å². The summed E-state index contributed by atoms with van der Waals surface area (Å²) in [6, 6.07) is 16.0. The molecule has 2 amide bonds. The van der Waals surface area contributed by atoms with Crippen molar-refractivity contribution in [2.24, 2.45) is 5.73 Å². The molecule has 2 aromatic rings. The average Bonchev–Trinajstić information content (AvgIpc) is 2.54. The van der Waals surface area contributed by atoms with Gasteiger partial charge in [-0.3, -0.25) is 4.90 Å². The van der Waals surface area contributed by atoms with E-state index >= 15 is 0 Å². The lowest BCUT2D eigenvalue weighted by Crippen LogP contribution is -2.31. The molecule has 2 aromatic carbocycles. The third-order valence-corrected chi connectivity index (χ3v) is 3.07. The molecule has 0 saturated carbocycles. The highest BCUT2D eigenvalue weighted by Gasteiger charge is 2.19. The minimum atomic E-state index is -0.903. The fourth-order valence-electron chi connectivity index (χ4n) is 2.08. The van der Waals surface area contributed by atoms with E-state index in [1.165, 1.54) is 4.90 Å². The van der Waals surface area contributed by atoms with Gasteiger partial charge in [0.15, 0.2) is 0 Å². The number of anilines is 1. The van der Waals surface area contributed by atoms with Gasteiger partial charge in [-0.15, -0.1) is 0 Å². The Morgan fingerprint density at radius 3 is 2.35 bits per heavy atom. The zero-order valence-electron chi connectivity index (χ0n) is 12.8. The van der Waals surface area contributed by atoms with Gasteiger partial charge in [-0.1, -0.05) is 36.4 Å². The number of nitrogens with zero attached hydrogens (tertiary/aromatic N) is 1. The number of carbonyl (C=O) groups is 2. The summed E-state index contributed by atoms with van der Waals surface area (Å²) in [6.07, 6.45) is -1.38. The van der Waals surface area contributed by atoms with Crippen LogP contribution >= 0.6 is 0 Å². The predicted molar refractivity (Wildman–Crippen MR) is 86.3 cm³/mol. The van der Waals surface area contributed by atoms with Gasteiger partial charge < -0.3 is 15.2 Å². The molecule has 0 heterocycles. The van der Waals surface area contributed by atoms with Crippen molar-refractivity contribution >= 4 is 17.9 Å². The van der Waals surface area contributed by atoms with E-state index in [9.17, 15) is 9.59 Å². The van der Waals surface area contributed by atoms with E-state index in [1.54, 1.807) is 43.3 Å². The highest BCUT2D eigenvalue weighted by Crippen LogP contribution is 2.24. The number of para-hydroxylation sites is 2. The van der Waals surface area contributed by atoms with E-state index in [0.717, 1.165) is 0 Å². The smallest absolute Gasteiger partial charge is 0.414 e. The van der Waals surface area contributed by atoms with Crippen LogP contribution in [0.1, 0.15) is 12.5 Å². The number of amides is 2. The predicted octanol–water partition coefficient (Wildman–Crippen LogP) is 3.31. The van der Waals surface area contributed by atoms with Gasteiger partial charge >= 0.3 is 12.2 Å². The Hall–Kier alpha value is -3.02. The first kappa shape index (κ1) is 16.4. The molecule has 120 valence electrons. The normalized spacial score (nSPS) is 9.96. The fraction of sp³-hybridized carbons (Fsp3) is 0.176. The van der Waals surface area contributed by atoms with Crippen LogP contribution in [-0.4, -0.2) is 18.8 Å². The summed E-state index contributed by atoms with van der Waals surface area (Å²) in [7, 11) is 0. The quantitative estimate of drug-likeness (QED) is 0.918. The van der Waals surface area contributed by atoms with E-state index in [0.29, 0.717) is 17.0 Å². The van der Waals surface area contributed by atoms with Crippen LogP contribution in [0.15, 0.2) is 54.6 Å². The summed E-state index contributed by atoms with van der Waals surface area (Å²) in [5, 5.41) is 0. The first-order chi connectivity index (χ1) is 11.1. The molecule has 0 bridgehead atoms. The largest absolute Gasteiger partial charge is 0.449 e. The maximum Gasteiger partial charge on any atom is 0.414 e. The van der Waals surface area contributed by atoms with Crippen LogP contribution in [0.5, 0.6) is 5.75 Å². The Balaban J connectivity index is 2.31. The van der Waals surface area contributed by atoms with Crippen molar-refractivity contribution in [3.63, 3.8) is 0 Å². The zero-order valence-corrected chi connectivity index (χ0v) is 12.8. The highest BCUT2D eigenvalue weighted by atomic mass is 16.6. The topological polar surface area (TPSA) is 81.9 Å². The summed E-state index contributed by atoms with van der Waals surface area (Å²) in [5.41, 5.74) is 6.40. The Bertz CT molecular complexity index is 673. The molecule has 0 aliphatic carbocycles. The van der Waals surface area contributed by atoms with Crippen LogP contribution in [0, 0.1) is 0 Å². The van der Waals surface area contributed by atoms with E-state index < -0.39 is 12.2 Å². The lowest BCUT2D eigenvalue weighted by atomic mass is 10.1. The van der Waals surface area contributed by atoms with Crippen molar-refractivity contribution < 1.29 is 19.1 Å². The molecule has 23 heavy (non-hydrogen) atoms. The van der Waals surface area contributed by atoms with E-state index in [2.05, 4.69) is 0 Å². The third kappa shape index (κ3) is 4.47. The van der Waals surface area contributed by atoms with Gasteiger partial charge in [0.25, 0.3) is 0 Å². The van der Waals surface area contributed by atoms with E-state index in [4.69, 9.17) is 15.2 Å². The molecular formula is C17H18N2O4. The number of nitrogens with two attached hydrogens (primary N) is 1. The fourth-order valence-corrected chi connectivity index (χ4v) is 2.08. The number of ether oxygens (including phenoxy) is 2. The molecule has 0 radical (unpaired) electrons. The SMILES string of the molecule is CCOC(=O)N(Cc1ccccc1OC(N)=O)c1ccccc1. The molecule has 0 atom stereocenters. The summed E-state index contributed by atoms with van der Waals surface area (Å²) in [5.74, 6) is 0.310. The number of hydrogen-bond donors (Lipinski definition) is 1. The standard InChI is InChI=1S/C17H18N2O4/c1-2-22-17(21)19(14-9-4-3-5-10-14)12-13-8-6-7-11-15(13)23-16(18)20/h3-11H,2,12H2,1H3,(H2,18,20). The molecule has 0 unspecified atom stereocenters. The summed E-state index contributed by atoms with van der Waals surface area (Å²) in [6.45, 7) is 2.19. The van der Waals surface area contributed by atoms with Crippen LogP contribution in [0.4, 0.5) is 15.3 Å². The monoisotopic (exact) mass is 314 g/mol. The summed E-state index contributed by atoms with van der Waals surface area (Å²) < 4.78 is 10.1. The minimum Gasteiger partial charge on any atom is -0.449 e. The first-order valence-corrected chi connectivity index (χ1v) is 7.16. The Morgan fingerprint density at radius 2 is 1.70 bits per heavy atom. The van der Waals surface area contributed by atoms with Gasteiger partial charge in [0.1, 0.15) is 5.75 Å².